The number of aromatic nitrogens is 1. The number of phenolic OH excluding ortho intramolecular Hbond substituents is 1. The second kappa shape index (κ2) is 7.32. The van der Waals surface area contributed by atoms with Crippen LogP contribution in [0.2, 0.25) is 0 Å². The van der Waals surface area contributed by atoms with Gasteiger partial charge in [-0.25, -0.2) is 0 Å². The SMILES string of the molecule is CN(Cc1cccc2cnccc12)C(=O)[C@H](N)Cc1ccc(O)cc1. The molecule has 0 aliphatic rings. The second-order valence-electron chi connectivity index (χ2n) is 6.19. The standard InChI is InChI=1S/C20H21N3O2/c1-23(13-16-4-2-3-15-12-22-10-9-18(15)16)20(25)19(21)11-14-5-7-17(24)8-6-14/h2-10,12,19,24H,11,13,21H2,1H3/t19-/m1/s1. The molecule has 0 bridgehead atoms. The van der Waals surface area contributed by atoms with Gasteiger partial charge in [0.1, 0.15) is 5.75 Å². The van der Waals surface area contributed by atoms with E-state index in [9.17, 15) is 9.90 Å². The third-order valence-corrected chi connectivity index (χ3v) is 4.26. The van der Waals surface area contributed by atoms with Crippen molar-refractivity contribution < 1.29 is 9.90 Å². The predicted octanol–water partition coefficient (Wildman–Crippen LogP) is 2.47. The molecule has 0 aliphatic carbocycles. The lowest BCUT2D eigenvalue weighted by molar-refractivity contribution is -0.131. The van der Waals surface area contributed by atoms with Gasteiger partial charge >= 0.3 is 0 Å². The topological polar surface area (TPSA) is 79.5 Å². The highest BCUT2D eigenvalue weighted by Gasteiger charge is 2.19. The van der Waals surface area contributed by atoms with E-state index in [0.717, 1.165) is 21.9 Å². The Hall–Kier alpha value is -2.92. The largest absolute Gasteiger partial charge is 0.508 e. The summed E-state index contributed by atoms with van der Waals surface area (Å²) in [6.45, 7) is 0.490. The molecule has 0 saturated carbocycles. The summed E-state index contributed by atoms with van der Waals surface area (Å²) in [5.41, 5.74) is 8.07. The number of hydrogen-bond acceptors (Lipinski definition) is 4. The maximum Gasteiger partial charge on any atom is 0.239 e. The summed E-state index contributed by atoms with van der Waals surface area (Å²) in [6.07, 6.45) is 4.00. The molecule has 1 amide bonds. The summed E-state index contributed by atoms with van der Waals surface area (Å²) >= 11 is 0. The summed E-state index contributed by atoms with van der Waals surface area (Å²) in [5, 5.41) is 11.5. The van der Waals surface area contributed by atoms with Crippen molar-refractivity contribution in [2.24, 2.45) is 5.73 Å². The first-order chi connectivity index (χ1) is 12.0. The van der Waals surface area contributed by atoms with Crippen LogP contribution < -0.4 is 5.73 Å². The van der Waals surface area contributed by atoms with E-state index in [1.807, 2.05) is 30.5 Å². The van der Waals surface area contributed by atoms with E-state index >= 15 is 0 Å². The van der Waals surface area contributed by atoms with Crippen LogP contribution in [0.5, 0.6) is 5.75 Å². The minimum atomic E-state index is -0.619. The maximum atomic E-state index is 12.6. The highest BCUT2D eigenvalue weighted by molar-refractivity contribution is 5.86. The summed E-state index contributed by atoms with van der Waals surface area (Å²) in [4.78, 5) is 18.4. The minimum Gasteiger partial charge on any atom is -0.508 e. The quantitative estimate of drug-likeness (QED) is 0.751. The number of amides is 1. The number of carbonyl (C=O) groups is 1. The smallest absolute Gasteiger partial charge is 0.239 e. The Morgan fingerprint density at radius 1 is 1.20 bits per heavy atom. The molecule has 3 N–H and O–H groups in total. The first-order valence-electron chi connectivity index (χ1n) is 8.14. The molecule has 3 rings (SSSR count). The number of carbonyl (C=O) groups excluding carboxylic acids is 1. The Morgan fingerprint density at radius 3 is 2.72 bits per heavy atom. The van der Waals surface area contributed by atoms with Gasteiger partial charge in [-0.3, -0.25) is 9.78 Å². The number of nitrogens with zero attached hydrogens (tertiary/aromatic N) is 2. The first kappa shape index (κ1) is 16.9. The molecule has 0 aliphatic heterocycles. The van der Waals surface area contributed by atoms with Crippen LogP contribution in [0.3, 0.4) is 0 Å². The Kier molecular flexibility index (Phi) is 4.95. The van der Waals surface area contributed by atoms with Crippen LogP contribution >= 0.6 is 0 Å². The number of nitrogens with two attached hydrogens (primary N) is 1. The Balaban J connectivity index is 1.70. The van der Waals surface area contributed by atoms with Crippen molar-refractivity contribution in [1.82, 2.24) is 9.88 Å². The van der Waals surface area contributed by atoms with Crippen molar-refractivity contribution in [1.29, 1.82) is 0 Å². The van der Waals surface area contributed by atoms with Gasteiger partial charge in [0, 0.05) is 31.4 Å². The van der Waals surface area contributed by atoms with Crippen LogP contribution in [0.15, 0.2) is 60.9 Å². The van der Waals surface area contributed by atoms with Crippen molar-refractivity contribution in [2.45, 2.75) is 19.0 Å². The Morgan fingerprint density at radius 2 is 1.96 bits per heavy atom. The number of hydrogen-bond donors (Lipinski definition) is 2. The lowest BCUT2D eigenvalue weighted by Crippen LogP contribution is -2.42. The molecular weight excluding hydrogens is 314 g/mol. The van der Waals surface area contributed by atoms with E-state index in [-0.39, 0.29) is 11.7 Å². The number of benzene rings is 2. The second-order valence-corrected chi connectivity index (χ2v) is 6.19. The number of pyridine rings is 1. The molecule has 25 heavy (non-hydrogen) atoms. The first-order valence-corrected chi connectivity index (χ1v) is 8.14. The highest BCUT2D eigenvalue weighted by atomic mass is 16.3. The van der Waals surface area contributed by atoms with Gasteiger partial charge in [0.15, 0.2) is 0 Å². The summed E-state index contributed by atoms with van der Waals surface area (Å²) in [7, 11) is 1.76. The highest BCUT2D eigenvalue weighted by Crippen LogP contribution is 2.19. The van der Waals surface area contributed by atoms with Crippen molar-refractivity contribution in [3.05, 3.63) is 72.1 Å². The van der Waals surface area contributed by atoms with E-state index in [1.54, 1.807) is 42.4 Å². The number of fused-ring (bicyclic) bond motifs is 1. The normalized spacial score (nSPS) is 12.1. The molecular formula is C20H21N3O2. The summed E-state index contributed by atoms with van der Waals surface area (Å²) in [6, 6.07) is 14.1. The molecule has 1 heterocycles. The van der Waals surface area contributed by atoms with Crippen LogP contribution in [0.1, 0.15) is 11.1 Å². The van der Waals surface area contributed by atoms with Crippen LogP contribution in [-0.4, -0.2) is 34.0 Å². The van der Waals surface area contributed by atoms with Gasteiger partial charge in [-0.2, -0.15) is 0 Å². The average Bonchev–Trinajstić information content (AvgIpc) is 2.63. The van der Waals surface area contributed by atoms with E-state index in [0.29, 0.717) is 13.0 Å². The third-order valence-electron chi connectivity index (χ3n) is 4.26. The number of phenols is 1. The van der Waals surface area contributed by atoms with Crippen LogP contribution in [0, 0.1) is 0 Å². The lowest BCUT2D eigenvalue weighted by Gasteiger charge is -2.22. The fraction of sp³-hybridized carbons (Fsp3) is 0.200. The van der Waals surface area contributed by atoms with Gasteiger partial charge in [0.25, 0.3) is 0 Å². The van der Waals surface area contributed by atoms with Gasteiger partial charge in [-0.05, 0) is 41.1 Å². The van der Waals surface area contributed by atoms with Gasteiger partial charge in [-0.1, -0.05) is 30.3 Å². The lowest BCUT2D eigenvalue weighted by atomic mass is 10.0. The monoisotopic (exact) mass is 335 g/mol. The zero-order chi connectivity index (χ0) is 17.8. The molecule has 128 valence electrons. The molecule has 0 radical (unpaired) electrons. The summed E-state index contributed by atoms with van der Waals surface area (Å²) in [5.74, 6) is 0.0883. The molecule has 1 aromatic heterocycles. The molecule has 0 unspecified atom stereocenters. The van der Waals surface area contributed by atoms with E-state index in [4.69, 9.17) is 5.73 Å². The molecule has 0 saturated heterocycles. The number of aromatic hydroxyl groups is 1. The molecule has 0 spiro atoms. The van der Waals surface area contributed by atoms with Crippen molar-refractivity contribution in [2.75, 3.05) is 7.05 Å². The predicted molar refractivity (Wildman–Crippen MR) is 98.0 cm³/mol. The Labute approximate surface area is 146 Å². The van der Waals surface area contributed by atoms with Crippen LogP contribution in [-0.2, 0) is 17.8 Å². The van der Waals surface area contributed by atoms with Gasteiger partial charge in [0.2, 0.25) is 5.91 Å². The fourth-order valence-electron chi connectivity index (χ4n) is 2.92. The molecule has 3 aromatic rings. The van der Waals surface area contributed by atoms with Crippen LogP contribution in [0.4, 0.5) is 0 Å². The van der Waals surface area contributed by atoms with Crippen LogP contribution in [0.25, 0.3) is 10.8 Å². The van der Waals surface area contributed by atoms with Crippen molar-refractivity contribution in [3.8, 4) is 5.75 Å². The number of likely N-dealkylation sites (N-methyl/N-ethyl adjacent to an activating group) is 1. The molecule has 5 nitrogen and oxygen atoms in total. The zero-order valence-electron chi connectivity index (χ0n) is 14.1. The summed E-state index contributed by atoms with van der Waals surface area (Å²) < 4.78 is 0. The molecule has 1 atom stereocenters. The molecule has 2 aromatic carbocycles. The fourth-order valence-corrected chi connectivity index (χ4v) is 2.92. The molecule has 0 fully saturated rings. The Bertz CT molecular complexity index is 872. The van der Waals surface area contributed by atoms with E-state index < -0.39 is 6.04 Å². The zero-order valence-corrected chi connectivity index (χ0v) is 14.1. The average molecular weight is 335 g/mol. The maximum absolute atomic E-state index is 12.6. The molecule has 5 heteroatoms. The van der Waals surface area contributed by atoms with E-state index in [1.165, 1.54) is 0 Å². The van der Waals surface area contributed by atoms with Gasteiger partial charge < -0.3 is 15.7 Å². The van der Waals surface area contributed by atoms with Crippen molar-refractivity contribution in [3.63, 3.8) is 0 Å². The minimum absolute atomic E-state index is 0.112. The number of rotatable bonds is 5. The van der Waals surface area contributed by atoms with E-state index in [2.05, 4.69) is 4.98 Å². The van der Waals surface area contributed by atoms with Crippen molar-refractivity contribution >= 4 is 16.7 Å². The third kappa shape index (κ3) is 3.95. The van der Waals surface area contributed by atoms with Gasteiger partial charge in [0.05, 0.1) is 6.04 Å². The van der Waals surface area contributed by atoms with Gasteiger partial charge in [-0.15, -0.1) is 0 Å².